The highest BCUT2D eigenvalue weighted by atomic mass is 16.2. The van der Waals surface area contributed by atoms with Crippen LogP contribution in [0.2, 0.25) is 0 Å². The molecule has 3 N–H and O–H groups in total. The van der Waals surface area contributed by atoms with Crippen molar-refractivity contribution in [1.82, 2.24) is 10.2 Å². The van der Waals surface area contributed by atoms with Crippen molar-refractivity contribution in [3.05, 3.63) is 35.4 Å². The van der Waals surface area contributed by atoms with Gasteiger partial charge in [-0.25, -0.2) is 4.79 Å². The average molecular weight is 317 g/mol. The van der Waals surface area contributed by atoms with E-state index >= 15 is 0 Å². The molecule has 0 spiro atoms. The number of rotatable bonds is 5. The van der Waals surface area contributed by atoms with Gasteiger partial charge in [-0.1, -0.05) is 45.0 Å². The predicted octanol–water partition coefficient (Wildman–Crippen LogP) is 2.70. The largest absolute Gasteiger partial charge is 0.325 e. The first-order chi connectivity index (χ1) is 10.6. The van der Waals surface area contributed by atoms with Crippen LogP contribution >= 0.6 is 0 Å². The molecule has 0 aliphatic carbocycles. The van der Waals surface area contributed by atoms with Crippen molar-refractivity contribution in [3.63, 3.8) is 0 Å². The molecule has 1 aromatic carbocycles. The minimum Gasteiger partial charge on any atom is -0.324 e. The number of benzene rings is 1. The summed E-state index contributed by atoms with van der Waals surface area (Å²) < 4.78 is 0. The van der Waals surface area contributed by atoms with Gasteiger partial charge in [0.2, 0.25) is 0 Å². The van der Waals surface area contributed by atoms with Crippen LogP contribution in [0.1, 0.15) is 58.1 Å². The quantitative estimate of drug-likeness (QED) is 0.820. The van der Waals surface area contributed by atoms with Crippen LogP contribution in [0.25, 0.3) is 0 Å². The van der Waals surface area contributed by atoms with Gasteiger partial charge >= 0.3 is 6.03 Å². The average Bonchev–Trinajstić information content (AvgIpc) is 2.71. The molecule has 1 atom stereocenters. The van der Waals surface area contributed by atoms with E-state index in [1.54, 1.807) is 13.8 Å². The van der Waals surface area contributed by atoms with Crippen LogP contribution in [-0.2, 0) is 10.3 Å². The van der Waals surface area contributed by atoms with Crippen LogP contribution in [0.4, 0.5) is 4.79 Å². The molecule has 3 amide bonds. The number of urea groups is 1. The van der Waals surface area contributed by atoms with Gasteiger partial charge in [-0.3, -0.25) is 9.69 Å². The SMILES string of the molecule is CCC1(c2ccc(C(C)C)cc2)NC(=O)N(CC(C)(C)N)C1=O. The number of nitrogens with one attached hydrogen (secondary N) is 1. The number of hydrogen-bond acceptors (Lipinski definition) is 3. The second-order valence-corrected chi connectivity index (χ2v) is 7.35. The first-order valence-electron chi connectivity index (χ1n) is 8.14. The third-order valence-electron chi connectivity index (χ3n) is 4.34. The second-order valence-electron chi connectivity index (χ2n) is 7.35. The third-order valence-corrected chi connectivity index (χ3v) is 4.34. The Morgan fingerprint density at radius 1 is 1.22 bits per heavy atom. The molecule has 23 heavy (non-hydrogen) atoms. The van der Waals surface area contributed by atoms with Crippen LogP contribution in [-0.4, -0.2) is 28.9 Å². The fourth-order valence-electron chi connectivity index (χ4n) is 2.97. The lowest BCUT2D eigenvalue weighted by atomic mass is 9.85. The third kappa shape index (κ3) is 3.24. The highest BCUT2D eigenvalue weighted by Crippen LogP contribution is 2.33. The van der Waals surface area contributed by atoms with E-state index in [-0.39, 0.29) is 18.5 Å². The summed E-state index contributed by atoms with van der Waals surface area (Å²) in [7, 11) is 0. The Morgan fingerprint density at radius 2 is 1.78 bits per heavy atom. The molecule has 5 nitrogen and oxygen atoms in total. The van der Waals surface area contributed by atoms with Crippen molar-refractivity contribution in [3.8, 4) is 0 Å². The summed E-state index contributed by atoms with van der Waals surface area (Å²) in [5.41, 5.74) is 6.40. The number of imide groups is 1. The van der Waals surface area contributed by atoms with Crippen LogP contribution in [0.15, 0.2) is 24.3 Å². The van der Waals surface area contributed by atoms with E-state index in [4.69, 9.17) is 5.73 Å². The number of nitrogens with zero attached hydrogens (tertiary/aromatic N) is 1. The van der Waals surface area contributed by atoms with Gasteiger partial charge in [-0.15, -0.1) is 0 Å². The molecule has 1 aromatic rings. The Kier molecular flexibility index (Phi) is 4.53. The van der Waals surface area contributed by atoms with Crippen molar-refractivity contribution in [2.75, 3.05) is 6.54 Å². The molecule has 0 saturated carbocycles. The molecule has 126 valence electrons. The lowest BCUT2D eigenvalue weighted by Crippen LogP contribution is -2.49. The topological polar surface area (TPSA) is 75.4 Å². The Hall–Kier alpha value is -1.88. The molecule has 2 rings (SSSR count). The molecule has 1 saturated heterocycles. The second kappa shape index (κ2) is 5.96. The Balaban J connectivity index is 2.37. The molecule has 1 heterocycles. The number of amides is 3. The highest BCUT2D eigenvalue weighted by Gasteiger charge is 2.51. The van der Waals surface area contributed by atoms with E-state index in [2.05, 4.69) is 19.2 Å². The molecule has 5 heteroatoms. The Bertz CT molecular complexity index is 602. The first-order valence-corrected chi connectivity index (χ1v) is 8.14. The fourth-order valence-corrected chi connectivity index (χ4v) is 2.97. The minimum absolute atomic E-state index is 0.198. The molecule has 1 unspecified atom stereocenters. The van der Waals surface area contributed by atoms with Crippen LogP contribution < -0.4 is 11.1 Å². The normalized spacial score (nSPS) is 22.0. The highest BCUT2D eigenvalue weighted by molar-refractivity contribution is 6.07. The zero-order valence-electron chi connectivity index (χ0n) is 14.6. The van der Waals surface area contributed by atoms with Crippen LogP contribution in [0.3, 0.4) is 0 Å². The zero-order chi connectivity index (χ0) is 17.4. The predicted molar refractivity (Wildman–Crippen MR) is 91.0 cm³/mol. The summed E-state index contributed by atoms with van der Waals surface area (Å²) in [6.07, 6.45) is 0.500. The van der Waals surface area contributed by atoms with E-state index in [0.717, 1.165) is 5.56 Å². The Labute approximate surface area is 138 Å². The molecular formula is C18H27N3O2. The van der Waals surface area contributed by atoms with E-state index in [1.807, 2.05) is 31.2 Å². The molecule has 1 fully saturated rings. The molecular weight excluding hydrogens is 290 g/mol. The van der Waals surface area contributed by atoms with E-state index in [9.17, 15) is 9.59 Å². The van der Waals surface area contributed by atoms with Crippen molar-refractivity contribution >= 4 is 11.9 Å². The minimum atomic E-state index is -0.988. The number of carbonyl (C=O) groups excluding carboxylic acids is 2. The maximum absolute atomic E-state index is 13.0. The monoisotopic (exact) mass is 317 g/mol. The lowest BCUT2D eigenvalue weighted by molar-refractivity contribution is -0.132. The molecule has 0 radical (unpaired) electrons. The van der Waals surface area contributed by atoms with Gasteiger partial charge in [0.25, 0.3) is 5.91 Å². The van der Waals surface area contributed by atoms with Crippen molar-refractivity contribution in [2.24, 2.45) is 5.73 Å². The molecule has 1 aliphatic rings. The number of hydrogen-bond donors (Lipinski definition) is 2. The van der Waals surface area contributed by atoms with Gasteiger partial charge in [0.05, 0.1) is 0 Å². The van der Waals surface area contributed by atoms with Gasteiger partial charge in [0.1, 0.15) is 5.54 Å². The smallest absolute Gasteiger partial charge is 0.324 e. The summed E-state index contributed by atoms with van der Waals surface area (Å²) in [6, 6.07) is 7.55. The summed E-state index contributed by atoms with van der Waals surface area (Å²) in [6.45, 7) is 9.96. The summed E-state index contributed by atoms with van der Waals surface area (Å²) in [5.74, 6) is 0.200. The van der Waals surface area contributed by atoms with Crippen LogP contribution in [0.5, 0.6) is 0 Å². The van der Waals surface area contributed by atoms with Crippen molar-refractivity contribution in [2.45, 2.75) is 58.0 Å². The molecule has 1 aliphatic heterocycles. The molecule has 0 bridgehead atoms. The maximum atomic E-state index is 13.0. The fraction of sp³-hybridized carbons (Fsp3) is 0.556. The maximum Gasteiger partial charge on any atom is 0.325 e. The molecule has 0 aromatic heterocycles. The van der Waals surface area contributed by atoms with Crippen molar-refractivity contribution in [1.29, 1.82) is 0 Å². The van der Waals surface area contributed by atoms with E-state index in [1.165, 1.54) is 10.5 Å². The van der Waals surface area contributed by atoms with Crippen LogP contribution in [0, 0.1) is 0 Å². The number of carbonyl (C=O) groups is 2. The summed E-state index contributed by atoms with van der Waals surface area (Å²) in [4.78, 5) is 26.5. The van der Waals surface area contributed by atoms with Gasteiger partial charge < -0.3 is 11.1 Å². The Morgan fingerprint density at radius 3 is 2.22 bits per heavy atom. The summed E-state index contributed by atoms with van der Waals surface area (Å²) >= 11 is 0. The van der Waals surface area contributed by atoms with Gasteiger partial charge in [0.15, 0.2) is 0 Å². The van der Waals surface area contributed by atoms with Gasteiger partial charge in [-0.05, 0) is 37.3 Å². The zero-order valence-corrected chi connectivity index (χ0v) is 14.6. The summed E-state index contributed by atoms with van der Waals surface area (Å²) in [5, 5.41) is 2.89. The lowest BCUT2D eigenvalue weighted by Gasteiger charge is -2.28. The number of nitrogens with two attached hydrogens (primary N) is 1. The van der Waals surface area contributed by atoms with E-state index in [0.29, 0.717) is 12.3 Å². The van der Waals surface area contributed by atoms with Crippen molar-refractivity contribution < 1.29 is 9.59 Å². The standard InChI is InChI=1S/C18H27N3O2/c1-6-18(14-9-7-13(8-10-14)12(2)3)15(22)21(16(23)20-18)11-17(4,5)19/h7-10,12H,6,11,19H2,1-5H3,(H,20,23). The first kappa shape index (κ1) is 17.5. The van der Waals surface area contributed by atoms with Gasteiger partial charge in [0, 0.05) is 12.1 Å². The van der Waals surface area contributed by atoms with E-state index < -0.39 is 11.1 Å². The van der Waals surface area contributed by atoms with Gasteiger partial charge in [-0.2, -0.15) is 0 Å².